The maximum absolute atomic E-state index is 10.6. The van der Waals surface area contributed by atoms with Crippen molar-refractivity contribution in [2.24, 2.45) is 5.73 Å². The van der Waals surface area contributed by atoms with Crippen LogP contribution in [0, 0.1) is 0 Å². The van der Waals surface area contributed by atoms with Gasteiger partial charge in [-0.05, 0) is 34.1 Å². The van der Waals surface area contributed by atoms with Crippen molar-refractivity contribution in [2.75, 3.05) is 6.54 Å². The molecule has 0 radical (unpaired) electrons. The lowest BCUT2D eigenvalue weighted by Crippen LogP contribution is -2.11. The van der Waals surface area contributed by atoms with Crippen LogP contribution < -0.4 is 5.73 Å². The largest absolute Gasteiger partial charge is 0.481 e. The smallest absolute Gasteiger partial charge is 0.332 e. The van der Waals surface area contributed by atoms with Crippen molar-refractivity contribution in [1.82, 2.24) is 0 Å². The minimum Gasteiger partial charge on any atom is -0.481 e. The molecule has 4 N–H and O–H groups in total. The Hall–Kier alpha value is -1.18. The van der Waals surface area contributed by atoms with Crippen molar-refractivity contribution in [3.05, 3.63) is 26.4 Å². The van der Waals surface area contributed by atoms with Gasteiger partial charge in [-0.2, -0.15) is 0 Å². The number of nitrogens with two attached hydrogens (primary N) is 1. The maximum atomic E-state index is 10.6. The molecule has 17 heavy (non-hydrogen) atoms. The van der Waals surface area contributed by atoms with E-state index >= 15 is 0 Å². The predicted octanol–water partition coefficient (Wildman–Crippen LogP) is 2.03. The zero-order valence-corrected chi connectivity index (χ0v) is 11.4. The second-order valence-electron chi connectivity index (χ2n) is 2.84. The monoisotopic (exact) mass is 321 g/mol. The van der Waals surface area contributed by atoms with Crippen molar-refractivity contribution < 1.29 is 19.8 Å². The van der Waals surface area contributed by atoms with Gasteiger partial charge < -0.3 is 15.9 Å². The van der Waals surface area contributed by atoms with Gasteiger partial charge in [0, 0.05) is 18.3 Å². The fourth-order valence-corrected chi connectivity index (χ4v) is 2.18. The van der Waals surface area contributed by atoms with Crippen LogP contribution in [0.2, 0.25) is 0 Å². The Morgan fingerprint density at radius 3 is 2.29 bits per heavy atom. The summed E-state index contributed by atoms with van der Waals surface area (Å²) < 4.78 is 0.973. The summed E-state index contributed by atoms with van der Waals surface area (Å²) in [5.41, 5.74) is 5.49. The highest BCUT2D eigenvalue weighted by Crippen LogP contribution is 2.23. The van der Waals surface area contributed by atoms with E-state index in [2.05, 4.69) is 15.9 Å². The summed E-state index contributed by atoms with van der Waals surface area (Å²) in [6.07, 6.45) is 1.58. The van der Waals surface area contributed by atoms with E-state index in [1.54, 1.807) is 6.08 Å². The third-order valence-electron chi connectivity index (χ3n) is 1.41. The predicted molar refractivity (Wildman–Crippen MR) is 70.0 cm³/mol. The summed E-state index contributed by atoms with van der Waals surface area (Å²) in [4.78, 5) is 20.5. The van der Waals surface area contributed by atoms with Gasteiger partial charge in [-0.1, -0.05) is 0 Å². The first-order chi connectivity index (χ1) is 7.86. The van der Waals surface area contributed by atoms with E-state index in [4.69, 9.17) is 20.7 Å². The molecule has 0 fully saturated rings. The molecule has 1 aromatic rings. The fraction of sp³-hybridized carbons (Fsp3) is 0.200. The SMILES string of the molecule is CC(=O)O.NC/C(=C/c1ccc(Br)s1)C(=O)O. The van der Waals surface area contributed by atoms with Crippen LogP contribution in [0.4, 0.5) is 0 Å². The highest BCUT2D eigenvalue weighted by atomic mass is 79.9. The first-order valence-corrected chi connectivity index (χ1v) is 6.06. The van der Waals surface area contributed by atoms with Gasteiger partial charge >= 0.3 is 5.97 Å². The van der Waals surface area contributed by atoms with Crippen LogP contribution in [0.15, 0.2) is 21.5 Å². The van der Waals surface area contributed by atoms with Gasteiger partial charge in [0.1, 0.15) is 0 Å². The Morgan fingerprint density at radius 1 is 1.47 bits per heavy atom. The number of carboxylic acid groups (broad SMARTS) is 2. The summed E-state index contributed by atoms with van der Waals surface area (Å²) >= 11 is 4.76. The zero-order valence-electron chi connectivity index (χ0n) is 9.01. The summed E-state index contributed by atoms with van der Waals surface area (Å²) in [5, 5.41) is 16.1. The molecule has 0 aromatic carbocycles. The highest BCUT2D eigenvalue weighted by Gasteiger charge is 2.05. The minimum atomic E-state index is -0.966. The van der Waals surface area contributed by atoms with Gasteiger partial charge in [-0.25, -0.2) is 4.79 Å². The number of thiophene rings is 1. The van der Waals surface area contributed by atoms with Crippen molar-refractivity contribution >= 4 is 45.3 Å². The Bertz CT molecular complexity index is 424. The molecule has 0 spiro atoms. The number of carbonyl (C=O) groups is 2. The summed E-state index contributed by atoms with van der Waals surface area (Å²) in [6, 6.07) is 3.71. The van der Waals surface area contributed by atoms with Crippen LogP contribution in [0.25, 0.3) is 6.08 Å². The molecule has 0 bridgehead atoms. The first kappa shape index (κ1) is 15.8. The van der Waals surface area contributed by atoms with Crippen LogP contribution in [-0.4, -0.2) is 28.7 Å². The Kier molecular flexibility index (Phi) is 7.44. The van der Waals surface area contributed by atoms with E-state index in [9.17, 15) is 4.79 Å². The zero-order chi connectivity index (χ0) is 13.4. The molecule has 94 valence electrons. The molecule has 7 heteroatoms. The molecule has 0 amide bonds. The molecular weight excluding hydrogens is 310 g/mol. The third kappa shape index (κ3) is 7.67. The molecule has 0 saturated carbocycles. The number of halogens is 1. The average molecular weight is 322 g/mol. The second kappa shape index (κ2) is 7.99. The van der Waals surface area contributed by atoms with Crippen molar-refractivity contribution in [3.8, 4) is 0 Å². The normalized spacial score (nSPS) is 10.4. The standard InChI is InChI=1S/C8H8BrNO2S.C2H4O2/c9-7-2-1-6(13-7)3-5(4-10)8(11)12;1-2(3)4/h1-3H,4,10H2,(H,11,12);1H3,(H,3,4)/b5-3-;. The molecule has 0 aliphatic carbocycles. The second-order valence-corrected chi connectivity index (χ2v) is 5.33. The van der Waals surface area contributed by atoms with Gasteiger partial charge in [0.2, 0.25) is 0 Å². The lowest BCUT2D eigenvalue weighted by Gasteiger charge is -1.94. The lowest BCUT2D eigenvalue weighted by molar-refractivity contribution is -0.134. The number of rotatable bonds is 3. The minimum absolute atomic E-state index is 0.0465. The van der Waals surface area contributed by atoms with Crippen LogP contribution in [0.3, 0.4) is 0 Å². The third-order valence-corrected chi connectivity index (χ3v) is 2.98. The van der Waals surface area contributed by atoms with Gasteiger partial charge in [0.05, 0.1) is 9.36 Å². The van der Waals surface area contributed by atoms with E-state index in [1.165, 1.54) is 11.3 Å². The number of hydrogen-bond acceptors (Lipinski definition) is 4. The molecular formula is C10H12BrNO4S. The molecule has 0 unspecified atom stereocenters. The van der Waals surface area contributed by atoms with Crippen molar-refractivity contribution in [3.63, 3.8) is 0 Å². The Balaban J connectivity index is 0.000000557. The molecule has 1 heterocycles. The summed E-state index contributed by atoms with van der Waals surface area (Å²) in [7, 11) is 0. The van der Waals surface area contributed by atoms with Crippen molar-refractivity contribution in [2.45, 2.75) is 6.92 Å². The van der Waals surface area contributed by atoms with E-state index in [0.29, 0.717) is 0 Å². The van der Waals surface area contributed by atoms with Gasteiger partial charge in [-0.3, -0.25) is 4.79 Å². The molecule has 0 atom stereocenters. The van der Waals surface area contributed by atoms with Crippen LogP contribution in [0.5, 0.6) is 0 Å². The maximum Gasteiger partial charge on any atom is 0.332 e. The molecule has 0 aliphatic rings. The van der Waals surface area contributed by atoms with Gasteiger partial charge in [0.15, 0.2) is 0 Å². The molecule has 5 nitrogen and oxygen atoms in total. The van der Waals surface area contributed by atoms with Gasteiger partial charge in [-0.15, -0.1) is 11.3 Å². The molecule has 0 aliphatic heterocycles. The van der Waals surface area contributed by atoms with Gasteiger partial charge in [0.25, 0.3) is 5.97 Å². The highest BCUT2D eigenvalue weighted by molar-refractivity contribution is 9.11. The summed E-state index contributed by atoms with van der Waals surface area (Å²) in [6.45, 7) is 1.13. The average Bonchev–Trinajstić information content (AvgIpc) is 2.59. The topological polar surface area (TPSA) is 101 Å². The van der Waals surface area contributed by atoms with E-state index in [1.807, 2.05) is 12.1 Å². The number of aliphatic carboxylic acids is 2. The van der Waals surface area contributed by atoms with Crippen LogP contribution in [-0.2, 0) is 9.59 Å². The molecule has 0 saturated heterocycles. The Morgan fingerprint density at radius 2 is 2.00 bits per heavy atom. The fourth-order valence-electron chi connectivity index (χ4n) is 0.786. The molecule has 1 rings (SSSR count). The molecule has 1 aromatic heterocycles. The first-order valence-electron chi connectivity index (χ1n) is 4.45. The summed E-state index contributed by atoms with van der Waals surface area (Å²) in [5.74, 6) is -1.80. The quantitative estimate of drug-likeness (QED) is 0.739. The number of hydrogen-bond donors (Lipinski definition) is 3. The van der Waals surface area contributed by atoms with E-state index in [0.717, 1.165) is 15.6 Å². The van der Waals surface area contributed by atoms with Crippen LogP contribution in [0.1, 0.15) is 11.8 Å². The van der Waals surface area contributed by atoms with E-state index < -0.39 is 11.9 Å². The van der Waals surface area contributed by atoms with Crippen LogP contribution >= 0.6 is 27.3 Å². The van der Waals surface area contributed by atoms with Crippen molar-refractivity contribution in [1.29, 1.82) is 0 Å². The van der Waals surface area contributed by atoms with E-state index in [-0.39, 0.29) is 12.1 Å². The number of carboxylic acids is 2. The lowest BCUT2D eigenvalue weighted by atomic mass is 10.2. The Labute approximate surface area is 111 Å².